The molecule has 4 rings (SSSR count). The molecule has 0 aromatic carbocycles. The molecule has 3 aromatic rings. The van der Waals surface area contributed by atoms with Crippen LogP contribution in [0.15, 0.2) is 55.4 Å². The highest BCUT2D eigenvalue weighted by atomic mass is 16.5. The van der Waals surface area contributed by atoms with Gasteiger partial charge in [0.05, 0.1) is 13.2 Å². The summed E-state index contributed by atoms with van der Waals surface area (Å²) in [6.45, 7) is 2.92. The summed E-state index contributed by atoms with van der Waals surface area (Å²) in [6, 6.07) is 7.62. The molecule has 4 heterocycles. The Kier molecular flexibility index (Phi) is 4.83. The summed E-state index contributed by atoms with van der Waals surface area (Å²) in [7, 11) is 0. The van der Waals surface area contributed by atoms with Gasteiger partial charge >= 0.3 is 0 Å². The van der Waals surface area contributed by atoms with Crippen LogP contribution in [-0.4, -0.2) is 46.2 Å². The zero-order valence-electron chi connectivity index (χ0n) is 14.2. The van der Waals surface area contributed by atoms with Crippen molar-refractivity contribution < 1.29 is 4.74 Å². The van der Waals surface area contributed by atoms with Crippen LogP contribution in [0.25, 0.3) is 0 Å². The highest BCUT2D eigenvalue weighted by Gasteiger charge is 2.21. The second-order valence-corrected chi connectivity index (χ2v) is 5.74. The van der Waals surface area contributed by atoms with Crippen molar-refractivity contribution in [3.63, 3.8) is 0 Å². The Morgan fingerprint density at radius 2 is 1.27 bits per heavy atom. The minimum atomic E-state index is 0.679. The summed E-state index contributed by atoms with van der Waals surface area (Å²) in [6.07, 6.45) is 8.53. The average Bonchev–Trinajstić information content (AvgIpc) is 2.70. The number of hydrogen-bond acceptors (Lipinski definition) is 8. The maximum atomic E-state index is 5.50. The van der Waals surface area contributed by atoms with Crippen molar-refractivity contribution >= 4 is 28.7 Å². The van der Waals surface area contributed by atoms with Gasteiger partial charge in [0.1, 0.15) is 12.0 Å². The van der Waals surface area contributed by atoms with Gasteiger partial charge in [-0.05, 0) is 24.3 Å². The third kappa shape index (κ3) is 3.70. The number of hydrogen-bond donors (Lipinski definition) is 2. The third-order valence-electron chi connectivity index (χ3n) is 4.04. The molecule has 0 atom stereocenters. The lowest BCUT2D eigenvalue weighted by atomic mass is 10.3. The molecule has 0 saturated carbocycles. The molecule has 2 N–H and O–H groups in total. The fourth-order valence-electron chi connectivity index (χ4n) is 2.79. The largest absolute Gasteiger partial charge is 0.378 e. The van der Waals surface area contributed by atoms with E-state index < -0.39 is 0 Å². The summed E-state index contributed by atoms with van der Waals surface area (Å²) in [5, 5.41) is 6.74. The lowest BCUT2D eigenvalue weighted by Gasteiger charge is -2.31. The number of anilines is 5. The summed E-state index contributed by atoms with van der Waals surface area (Å²) in [4.78, 5) is 19.3. The summed E-state index contributed by atoms with van der Waals surface area (Å²) in [5.41, 5.74) is 2.76. The van der Waals surface area contributed by atoms with Crippen molar-refractivity contribution in [3.05, 3.63) is 55.4 Å². The Labute approximate surface area is 151 Å². The van der Waals surface area contributed by atoms with E-state index in [9.17, 15) is 0 Å². The molecule has 0 aliphatic carbocycles. The Morgan fingerprint density at radius 3 is 1.77 bits per heavy atom. The van der Waals surface area contributed by atoms with E-state index in [0.717, 1.165) is 41.8 Å². The van der Waals surface area contributed by atoms with Crippen molar-refractivity contribution in [3.8, 4) is 0 Å². The number of morpholine rings is 1. The second kappa shape index (κ2) is 7.75. The molecule has 0 radical (unpaired) electrons. The van der Waals surface area contributed by atoms with E-state index in [-0.39, 0.29) is 0 Å². The SMILES string of the molecule is c1cc(Nc2ncnc(Nc3ccncc3)c2N2CCOCC2)ccn1. The highest BCUT2D eigenvalue weighted by Crippen LogP contribution is 2.34. The standard InChI is InChI=1S/C18H19N7O/c1-5-19-6-2-14(1)23-17-16(25-9-11-26-12-10-25)18(22-13-21-17)24-15-3-7-20-8-4-15/h1-8,13H,9-12H2,(H2,19,20,21,22,23,24). The monoisotopic (exact) mass is 349 g/mol. The Hall–Kier alpha value is -3.26. The van der Waals surface area contributed by atoms with Gasteiger partial charge < -0.3 is 20.3 Å². The van der Waals surface area contributed by atoms with Gasteiger partial charge in [-0.2, -0.15) is 0 Å². The molecule has 1 aliphatic heterocycles. The van der Waals surface area contributed by atoms with E-state index in [2.05, 4.69) is 35.5 Å². The van der Waals surface area contributed by atoms with Crippen molar-refractivity contribution in [1.82, 2.24) is 19.9 Å². The minimum Gasteiger partial charge on any atom is -0.378 e. The fourth-order valence-corrected chi connectivity index (χ4v) is 2.79. The van der Waals surface area contributed by atoms with E-state index in [1.807, 2.05) is 24.3 Å². The van der Waals surface area contributed by atoms with Crippen LogP contribution in [-0.2, 0) is 4.74 Å². The number of aromatic nitrogens is 4. The second-order valence-electron chi connectivity index (χ2n) is 5.74. The number of ether oxygens (including phenoxy) is 1. The van der Waals surface area contributed by atoms with Gasteiger partial charge in [-0.25, -0.2) is 9.97 Å². The van der Waals surface area contributed by atoms with E-state index in [1.165, 1.54) is 0 Å². The maximum Gasteiger partial charge on any atom is 0.159 e. The number of rotatable bonds is 5. The van der Waals surface area contributed by atoms with Crippen molar-refractivity contribution in [2.45, 2.75) is 0 Å². The van der Waals surface area contributed by atoms with Crippen LogP contribution in [0.2, 0.25) is 0 Å². The van der Waals surface area contributed by atoms with Crippen LogP contribution in [0.4, 0.5) is 28.7 Å². The lowest BCUT2D eigenvalue weighted by Crippen LogP contribution is -2.37. The fraction of sp³-hybridized carbons (Fsp3) is 0.222. The molecule has 0 spiro atoms. The molecule has 0 amide bonds. The third-order valence-corrected chi connectivity index (χ3v) is 4.04. The normalized spacial score (nSPS) is 14.1. The van der Waals surface area contributed by atoms with E-state index >= 15 is 0 Å². The van der Waals surface area contributed by atoms with Gasteiger partial charge in [-0.3, -0.25) is 9.97 Å². The van der Waals surface area contributed by atoms with Gasteiger partial charge in [-0.15, -0.1) is 0 Å². The van der Waals surface area contributed by atoms with Crippen molar-refractivity contribution in [2.24, 2.45) is 0 Å². The molecule has 0 bridgehead atoms. The first kappa shape index (κ1) is 16.2. The first-order valence-corrected chi connectivity index (χ1v) is 8.42. The molecule has 8 nitrogen and oxygen atoms in total. The van der Waals surface area contributed by atoms with Crippen LogP contribution in [0.5, 0.6) is 0 Å². The van der Waals surface area contributed by atoms with E-state index in [1.54, 1.807) is 31.1 Å². The predicted octanol–water partition coefficient (Wildman–Crippen LogP) is 2.59. The van der Waals surface area contributed by atoms with Crippen LogP contribution >= 0.6 is 0 Å². The average molecular weight is 349 g/mol. The topological polar surface area (TPSA) is 88.1 Å². The first-order chi connectivity index (χ1) is 12.9. The van der Waals surface area contributed by atoms with E-state index in [0.29, 0.717) is 13.2 Å². The number of pyridine rings is 2. The minimum absolute atomic E-state index is 0.679. The molecule has 8 heteroatoms. The van der Waals surface area contributed by atoms with Gasteiger partial charge in [0.2, 0.25) is 0 Å². The van der Waals surface area contributed by atoms with Crippen LogP contribution < -0.4 is 15.5 Å². The maximum absolute atomic E-state index is 5.50. The molecule has 1 fully saturated rings. The quantitative estimate of drug-likeness (QED) is 0.727. The van der Waals surface area contributed by atoms with Crippen LogP contribution in [0.3, 0.4) is 0 Å². The zero-order valence-corrected chi connectivity index (χ0v) is 14.2. The molecule has 3 aromatic heterocycles. The number of nitrogens with one attached hydrogen (secondary N) is 2. The molecule has 132 valence electrons. The predicted molar refractivity (Wildman–Crippen MR) is 100 cm³/mol. The van der Waals surface area contributed by atoms with Crippen LogP contribution in [0, 0.1) is 0 Å². The van der Waals surface area contributed by atoms with E-state index in [4.69, 9.17) is 4.74 Å². The molecule has 1 aliphatic rings. The highest BCUT2D eigenvalue weighted by molar-refractivity contribution is 5.83. The lowest BCUT2D eigenvalue weighted by molar-refractivity contribution is 0.123. The van der Waals surface area contributed by atoms with Crippen molar-refractivity contribution in [1.29, 1.82) is 0 Å². The number of nitrogens with zero attached hydrogens (tertiary/aromatic N) is 5. The summed E-state index contributed by atoms with van der Waals surface area (Å²) >= 11 is 0. The molecular weight excluding hydrogens is 330 g/mol. The van der Waals surface area contributed by atoms with Gasteiger partial charge in [0.25, 0.3) is 0 Å². The molecule has 26 heavy (non-hydrogen) atoms. The van der Waals surface area contributed by atoms with Gasteiger partial charge in [0, 0.05) is 49.3 Å². The van der Waals surface area contributed by atoms with Gasteiger partial charge in [0.15, 0.2) is 11.6 Å². The molecular formula is C18H19N7O. The summed E-state index contributed by atoms with van der Waals surface area (Å²) in [5.74, 6) is 1.48. The van der Waals surface area contributed by atoms with Gasteiger partial charge in [-0.1, -0.05) is 0 Å². The summed E-state index contributed by atoms with van der Waals surface area (Å²) < 4.78 is 5.50. The zero-order chi connectivity index (χ0) is 17.6. The van der Waals surface area contributed by atoms with Crippen molar-refractivity contribution in [2.75, 3.05) is 41.8 Å². The Bertz CT molecular complexity index is 779. The van der Waals surface area contributed by atoms with Crippen LogP contribution in [0.1, 0.15) is 0 Å². The first-order valence-electron chi connectivity index (χ1n) is 8.42. The Balaban J connectivity index is 1.71. The Morgan fingerprint density at radius 1 is 0.769 bits per heavy atom. The molecule has 0 unspecified atom stereocenters. The smallest absolute Gasteiger partial charge is 0.159 e. The molecule has 1 saturated heterocycles.